The molecule has 0 saturated carbocycles. The Hall–Kier alpha value is -1.16. The Bertz CT molecular complexity index is 402. The van der Waals surface area contributed by atoms with Crippen LogP contribution in [0.15, 0.2) is 18.2 Å². The zero-order valence-electron chi connectivity index (χ0n) is 10.3. The number of carbonyl (C=O) groups excluding carboxylic acids is 1. The zero-order valence-corrected chi connectivity index (χ0v) is 11.1. The van der Waals surface area contributed by atoms with Crippen LogP contribution in [0.1, 0.15) is 31.1 Å². The quantitative estimate of drug-likeness (QED) is 0.793. The molecule has 0 bridgehead atoms. The molecular formula is C13H18O3S. The molecule has 0 radical (unpaired) electrons. The van der Waals surface area contributed by atoms with Gasteiger partial charge in [-0.3, -0.25) is 4.79 Å². The molecule has 1 atom stereocenters. The van der Waals surface area contributed by atoms with Crippen molar-refractivity contribution in [2.45, 2.75) is 26.0 Å². The predicted octanol–water partition coefficient (Wildman–Crippen LogP) is 3.06. The highest BCUT2D eigenvalue weighted by Crippen LogP contribution is 2.25. The van der Waals surface area contributed by atoms with Crippen LogP contribution in [0.5, 0.6) is 11.5 Å². The van der Waals surface area contributed by atoms with Crippen LogP contribution in [0.4, 0.5) is 0 Å². The molecule has 1 aromatic carbocycles. The summed E-state index contributed by atoms with van der Waals surface area (Å²) in [5, 5.41) is 19.1. The highest BCUT2D eigenvalue weighted by molar-refractivity contribution is 8.00. The van der Waals surface area contributed by atoms with Gasteiger partial charge in [0.2, 0.25) is 0 Å². The standard InChI is InChI=1S/C13H18O3S/c1-8(2)9(3)17-7-13(16)11-5-4-10(14)6-12(11)15/h4-6,8-9,14-15H,7H2,1-3H3. The lowest BCUT2D eigenvalue weighted by Crippen LogP contribution is -2.11. The van der Waals surface area contributed by atoms with E-state index >= 15 is 0 Å². The van der Waals surface area contributed by atoms with Crippen LogP contribution < -0.4 is 0 Å². The van der Waals surface area contributed by atoms with Gasteiger partial charge in [-0.05, 0) is 18.1 Å². The normalized spacial score (nSPS) is 12.7. The molecule has 0 fully saturated rings. The van der Waals surface area contributed by atoms with Crippen molar-refractivity contribution in [3.63, 3.8) is 0 Å². The largest absolute Gasteiger partial charge is 0.508 e. The van der Waals surface area contributed by atoms with Crippen molar-refractivity contribution in [3.8, 4) is 11.5 Å². The van der Waals surface area contributed by atoms with Crippen molar-refractivity contribution in [3.05, 3.63) is 23.8 Å². The number of hydrogen-bond donors (Lipinski definition) is 2. The van der Waals surface area contributed by atoms with Crippen molar-refractivity contribution in [2.75, 3.05) is 5.75 Å². The van der Waals surface area contributed by atoms with Crippen molar-refractivity contribution in [1.82, 2.24) is 0 Å². The molecule has 17 heavy (non-hydrogen) atoms. The summed E-state index contributed by atoms with van der Waals surface area (Å²) in [6.45, 7) is 6.31. The van der Waals surface area contributed by atoms with Crippen LogP contribution in [-0.2, 0) is 0 Å². The van der Waals surface area contributed by atoms with E-state index in [-0.39, 0.29) is 22.8 Å². The Kier molecular flexibility index (Phi) is 4.87. The maximum Gasteiger partial charge on any atom is 0.176 e. The Morgan fingerprint density at radius 2 is 1.94 bits per heavy atom. The van der Waals surface area contributed by atoms with Gasteiger partial charge in [-0.1, -0.05) is 20.8 Å². The number of aromatic hydroxyl groups is 2. The minimum atomic E-state index is -0.159. The number of hydrogen-bond acceptors (Lipinski definition) is 4. The average Bonchev–Trinajstić information content (AvgIpc) is 2.25. The fraction of sp³-hybridized carbons (Fsp3) is 0.462. The van der Waals surface area contributed by atoms with E-state index in [1.165, 1.54) is 18.2 Å². The van der Waals surface area contributed by atoms with Crippen LogP contribution in [0.3, 0.4) is 0 Å². The van der Waals surface area contributed by atoms with Crippen molar-refractivity contribution < 1.29 is 15.0 Å². The molecule has 1 unspecified atom stereocenters. The molecule has 0 aliphatic carbocycles. The van der Waals surface area contributed by atoms with Crippen LogP contribution in [0.2, 0.25) is 0 Å². The number of benzene rings is 1. The highest BCUT2D eigenvalue weighted by Gasteiger charge is 2.14. The second-order valence-corrected chi connectivity index (χ2v) is 5.75. The Morgan fingerprint density at radius 1 is 1.29 bits per heavy atom. The van der Waals surface area contributed by atoms with E-state index in [0.717, 1.165) is 0 Å². The molecule has 0 aromatic heterocycles. The van der Waals surface area contributed by atoms with Gasteiger partial charge in [-0.25, -0.2) is 0 Å². The summed E-state index contributed by atoms with van der Waals surface area (Å²) < 4.78 is 0. The van der Waals surface area contributed by atoms with Gasteiger partial charge in [-0.2, -0.15) is 11.8 Å². The lowest BCUT2D eigenvalue weighted by atomic mass is 10.1. The molecule has 0 aliphatic rings. The summed E-state index contributed by atoms with van der Waals surface area (Å²) in [7, 11) is 0. The van der Waals surface area contributed by atoms with Crippen LogP contribution >= 0.6 is 11.8 Å². The smallest absolute Gasteiger partial charge is 0.176 e. The molecular weight excluding hydrogens is 236 g/mol. The molecule has 2 N–H and O–H groups in total. The van der Waals surface area contributed by atoms with Gasteiger partial charge in [0, 0.05) is 11.3 Å². The fourth-order valence-corrected chi connectivity index (χ4v) is 2.19. The monoisotopic (exact) mass is 254 g/mol. The summed E-state index contributed by atoms with van der Waals surface area (Å²) in [5.41, 5.74) is 0.270. The molecule has 0 heterocycles. The molecule has 0 saturated heterocycles. The molecule has 3 nitrogen and oxygen atoms in total. The van der Waals surface area contributed by atoms with Crippen LogP contribution in [0.25, 0.3) is 0 Å². The lowest BCUT2D eigenvalue weighted by molar-refractivity contribution is 0.102. The number of phenolic OH excluding ortho intramolecular Hbond substituents is 2. The predicted molar refractivity (Wildman–Crippen MR) is 70.9 cm³/mol. The van der Waals surface area contributed by atoms with Gasteiger partial charge in [0.15, 0.2) is 5.78 Å². The first kappa shape index (κ1) is 13.9. The van der Waals surface area contributed by atoms with Gasteiger partial charge >= 0.3 is 0 Å². The highest BCUT2D eigenvalue weighted by atomic mass is 32.2. The molecule has 0 aliphatic heterocycles. The van der Waals surface area contributed by atoms with E-state index in [1.54, 1.807) is 11.8 Å². The second kappa shape index (κ2) is 5.96. The minimum absolute atomic E-state index is 0.0396. The third kappa shape index (κ3) is 3.97. The van der Waals surface area contributed by atoms with Crippen LogP contribution in [0, 0.1) is 5.92 Å². The first-order valence-corrected chi connectivity index (χ1v) is 6.63. The Labute approximate surface area is 106 Å². The fourth-order valence-electron chi connectivity index (χ4n) is 1.23. The Morgan fingerprint density at radius 3 is 2.47 bits per heavy atom. The topological polar surface area (TPSA) is 57.5 Å². The van der Waals surface area contributed by atoms with E-state index in [0.29, 0.717) is 16.9 Å². The number of rotatable bonds is 5. The van der Waals surface area contributed by atoms with E-state index in [1.807, 2.05) is 0 Å². The SMILES string of the molecule is CC(C)C(C)SCC(=O)c1ccc(O)cc1O. The summed E-state index contributed by atoms with van der Waals surface area (Å²) in [6.07, 6.45) is 0. The first-order chi connectivity index (χ1) is 7.91. The number of carbonyl (C=O) groups is 1. The lowest BCUT2D eigenvalue weighted by Gasteiger charge is -2.14. The molecule has 0 spiro atoms. The average molecular weight is 254 g/mol. The summed E-state index contributed by atoms with van der Waals surface area (Å²) in [4.78, 5) is 11.8. The van der Waals surface area contributed by atoms with Gasteiger partial charge in [0.25, 0.3) is 0 Å². The molecule has 1 rings (SSSR count). The van der Waals surface area contributed by atoms with Gasteiger partial charge in [0.05, 0.1) is 11.3 Å². The maximum absolute atomic E-state index is 11.8. The van der Waals surface area contributed by atoms with Crippen molar-refractivity contribution in [1.29, 1.82) is 0 Å². The van der Waals surface area contributed by atoms with Gasteiger partial charge < -0.3 is 10.2 Å². The minimum Gasteiger partial charge on any atom is -0.508 e. The maximum atomic E-state index is 11.8. The second-order valence-electron chi connectivity index (χ2n) is 4.38. The van der Waals surface area contributed by atoms with Crippen LogP contribution in [-0.4, -0.2) is 27.0 Å². The number of ketones is 1. The zero-order chi connectivity index (χ0) is 13.0. The summed E-state index contributed by atoms with van der Waals surface area (Å²) in [6, 6.07) is 4.04. The third-order valence-electron chi connectivity index (χ3n) is 2.70. The van der Waals surface area contributed by atoms with Crippen molar-refractivity contribution in [2.24, 2.45) is 5.92 Å². The summed E-state index contributed by atoms with van der Waals surface area (Å²) >= 11 is 1.58. The van der Waals surface area contributed by atoms with E-state index in [4.69, 9.17) is 5.11 Å². The van der Waals surface area contributed by atoms with E-state index in [9.17, 15) is 9.90 Å². The summed E-state index contributed by atoms with van der Waals surface area (Å²) in [5.74, 6) is 0.550. The van der Waals surface area contributed by atoms with Gasteiger partial charge in [-0.15, -0.1) is 0 Å². The number of phenols is 2. The van der Waals surface area contributed by atoms with Crippen molar-refractivity contribution >= 4 is 17.5 Å². The molecule has 94 valence electrons. The number of Topliss-reactive ketones (excluding diaryl/α,β-unsaturated/α-hetero) is 1. The van der Waals surface area contributed by atoms with E-state index in [2.05, 4.69) is 20.8 Å². The van der Waals surface area contributed by atoms with Gasteiger partial charge in [0.1, 0.15) is 11.5 Å². The molecule has 1 aromatic rings. The molecule has 0 amide bonds. The molecule has 4 heteroatoms. The third-order valence-corrected chi connectivity index (χ3v) is 4.20. The Balaban J connectivity index is 2.64. The first-order valence-electron chi connectivity index (χ1n) is 5.58. The van der Waals surface area contributed by atoms with E-state index < -0.39 is 0 Å². The number of thioether (sulfide) groups is 1.